The monoisotopic (exact) mass is 454 g/mol. The first-order valence-corrected chi connectivity index (χ1v) is 10.9. The Morgan fingerprint density at radius 1 is 1.21 bits per heavy atom. The minimum atomic E-state index is -0.899. The number of aliphatic hydroxyl groups excluding tert-OH is 2. The second-order valence-corrected chi connectivity index (χ2v) is 8.41. The van der Waals surface area contributed by atoms with Gasteiger partial charge in [0.2, 0.25) is 11.7 Å². The van der Waals surface area contributed by atoms with Crippen LogP contribution in [0.25, 0.3) is 22.8 Å². The van der Waals surface area contributed by atoms with Crippen molar-refractivity contribution in [2.24, 2.45) is 5.92 Å². The number of carbonyl (C=O) groups excluding carboxylic acids is 1. The molecule has 0 bridgehead atoms. The highest BCUT2D eigenvalue weighted by Gasteiger charge is 2.15. The summed E-state index contributed by atoms with van der Waals surface area (Å²) in [5.41, 5.74) is 4.62. The van der Waals surface area contributed by atoms with Crippen LogP contribution in [-0.2, 0) is 11.2 Å². The average molecular weight is 455 g/mol. The fraction of sp³-hybridized carbons (Fsp3) is 0.417. The highest BCUT2D eigenvalue weighted by atomic mass is 16.5. The van der Waals surface area contributed by atoms with Crippen molar-refractivity contribution in [1.29, 1.82) is 0 Å². The van der Waals surface area contributed by atoms with Crippen LogP contribution in [-0.4, -0.2) is 57.1 Å². The minimum absolute atomic E-state index is 0.00396. The first-order chi connectivity index (χ1) is 15.8. The van der Waals surface area contributed by atoms with E-state index in [2.05, 4.69) is 34.3 Å². The van der Waals surface area contributed by atoms with Gasteiger partial charge in [0.25, 0.3) is 5.89 Å². The van der Waals surface area contributed by atoms with E-state index < -0.39 is 18.6 Å². The van der Waals surface area contributed by atoms with Gasteiger partial charge in [0.05, 0.1) is 5.56 Å². The van der Waals surface area contributed by atoms with Gasteiger partial charge in [-0.05, 0) is 61.6 Å². The van der Waals surface area contributed by atoms with E-state index in [1.54, 1.807) is 12.3 Å². The Labute approximate surface area is 192 Å². The van der Waals surface area contributed by atoms with Crippen molar-refractivity contribution in [3.8, 4) is 28.6 Å². The molecule has 0 aliphatic heterocycles. The topological polar surface area (TPSA) is 131 Å². The Morgan fingerprint density at radius 3 is 2.67 bits per heavy atom. The van der Waals surface area contributed by atoms with Gasteiger partial charge in [0.15, 0.2) is 0 Å². The summed E-state index contributed by atoms with van der Waals surface area (Å²) in [5.74, 6) is 1.41. The van der Waals surface area contributed by atoms with Gasteiger partial charge < -0.3 is 24.8 Å². The third-order valence-electron chi connectivity index (χ3n) is 5.02. The molecule has 3 aromatic rings. The van der Waals surface area contributed by atoms with Crippen molar-refractivity contribution in [1.82, 2.24) is 20.4 Å². The molecule has 176 valence electrons. The molecule has 0 unspecified atom stereocenters. The van der Waals surface area contributed by atoms with Crippen molar-refractivity contribution in [2.75, 3.05) is 19.8 Å². The highest BCUT2D eigenvalue weighted by Crippen LogP contribution is 2.28. The van der Waals surface area contributed by atoms with Gasteiger partial charge in [0.1, 0.15) is 25.1 Å². The lowest BCUT2D eigenvalue weighted by molar-refractivity contribution is -0.124. The number of aromatic nitrogens is 3. The van der Waals surface area contributed by atoms with E-state index in [-0.39, 0.29) is 13.2 Å². The summed E-state index contributed by atoms with van der Waals surface area (Å²) in [4.78, 5) is 20.1. The highest BCUT2D eigenvalue weighted by molar-refractivity contribution is 5.76. The summed E-state index contributed by atoms with van der Waals surface area (Å²) in [6.07, 6.45) is 1.78. The maximum absolute atomic E-state index is 11.0. The smallest absolute Gasteiger partial charge is 0.259 e. The van der Waals surface area contributed by atoms with Crippen LogP contribution in [0.1, 0.15) is 30.7 Å². The number of hydrogen-bond acceptors (Lipinski definition) is 8. The maximum Gasteiger partial charge on any atom is 0.259 e. The Kier molecular flexibility index (Phi) is 8.13. The van der Waals surface area contributed by atoms with Gasteiger partial charge in [-0.25, -0.2) is 0 Å². The average Bonchev–Trinajstić information content (AvgIpc) is 3.27. The number of nitrogens with zero attached hydrogens (tertiary/aromatic N) is 3. The molecule has 3 rings (SSSR count). The predicted octanol–water partition coefficient (Wildman–Crippen LogP) is 2.46. The van der Waals surface area contributed by atoms with Gasteiger partial charge >= 0.3 is 0 Å². The van der Waals surface area contributed by atoms with Crippen molar-refractivity contribution in [2.45, 2.75) is 40.2 Å². The third-order valence-corrected chi connectivity index (χ3v) is 5.02. The van der Waals surface area contributed by atoms with Crippen molar-refractivity contribution < 1.29 is 24.3 Å². The predicted molar refractivity (Wildman–Crippen MR) is 123 cm³/mol. The summed E-state index contributed by atoms with van der Waals surface area (Å²) >= 11 is 0. The van der Waals surface area contributed by atoms with E-state index in [9.17, 15) is 9.90 Å². The lowest BCUT2D eigenvalue weighted by Gasteiger charge is -2.13. The van der Waals surface area contributed by atoms with Crippen LogP contribution in [0.2, 0.25) is 0 Å². The molecule has 0 saturated heterocycles. The fourth-order valence-corrected chi connectivity index (χ4v) is 3.29. The zero-order valence-corrected chi connectivity index (χ0v) is 19.3. The minimum Gasteiger partial charge on any atom is -0.491 e. The van der Waals surface area contributed by atoms with Crippen molar-refractivity contribution >= 4 is 5.91 Å². The molecule has 1 amide bonds. The number of nitrogens with one attached hydrogen (secondary N) is 1. The van der Waals surface area contributed by atoms with Gasteiger partial charge in [-0.1, -0.05) is 19.0 Å². The zero-order valence-electron chi connectivity index (χ0n) is 19.3. The molecule has 1 aromatic carbocycles. The number of ether oxygens (including phenoxy) is 1. The van der Waals surface area contributed by atoms with E-state index in [0.717, 1.165) is 34.4 Å². The van der Waals surface area contributed by atoms with Gasteiger partial charge in [-0.2, -0.15) is 4.98 Å². The summed E-state index contributed by atoms with van der Waals surface area (Å²) in [6, 6.07) is 7.41. The molecule has 9 nitrogen and oxygen atoms in total. The van der Waals surface area contributed by atoms with Gasteiger partial charge in [0, 0.05) is 24.0 Å². The largest absolute Gasteiger partial charge is 0.491 e. The number of aliphatic hydroxyl groups is 2. The van der Waals surface area contributed by atoms with E-state index in [0.29, 0.717) is 23.4 Å². The molecule has 0 aliphatic rings. The Hall–Kier alpha value is -3.30. The van der Waals surface area contributed by atoms with Crippen molar-refractivity contribution in [3.05, 3.63) is 47.3 Å². The number of pyridine rings is 1. The number of amides is 1. The molecule has 0 fully saturated rings. The number of carbonyl (C=O) groups is 1. The van der Waals surface area contributed by atoms with Gasteiger partial charge in [-0.15, -0.1) is 0 Å². The molecule has 2 heterocycles. The molecule has 0 radical (unpaired) electrons. The lowest BCUT2D eigenvalue weighted by Crippen LogP contribution is -2.36. The molecule has 3 N–H and O–H groups in total. The quantitative estimate of drug-likeness (QED) is 0.426. The molecular formula is C24H30N4O5. The first kappa shape index (κ1) is 24.3. The molecular weight excluding hydrogens is 424 g/mol. The molecule has 0 spiro atoms. The summed E-state index contributed by atoms with van der Waals surface area (Å²) in [7, 11) is 0. The van der Waals surface area contributed by atoms with Crippen LogP contribution in [0.4, 0.5) is 0 Å². The molecule has 9 heteroatoms. The first-order valence-electron chi connectivity index (χ1n) is 10.9. The second-order valence-electron chi connectivity index (χ2n) is 8.41. The van der Waals surface area contributed by atoms with Gasteiger partial charge in [-0.3, -0.25) is 9.78 Å². The Bertz CT molecular complexity index is 1100. The molecule has 2 aromatic heterocycles. The molecule has 0 aliphatic carbocycles. The zero-order chi connectivity index (χ0) is 24.0. The normalized spacial score (nSPS) is 12.1. The fourth-order valence-electron chi connectivity index (χ4n) is 3.29. The van der Waals surface area contributed by atoms with E-state index in [1.165, 1.54) is 0 Å². The lowest BCUT2D eigenvalue weighted by atomic mass is 10.0. The molecule has 0 saturated carbocycles. The van der Waals surface area contributed by atoms with Crippen molar-refractivity contribution in [3.63, 3.8) is 0 Å². The van der Waals surface area contributed by atoms with E-state index in [4.69, 9.17) is 14.4 Å². The third kappa shape index (κ3) is 6.59. The maximum atomic E-state index is 11.0. The SMILES string of the molecule is Cc1cc(OC[C@H](O)CNC(=O)CO)ccc1-c1noc(-c2cnc(CC(C)C)c(C)c2)n1. The number of hydrogen-bond donors (Lipinski definition) is 3. The number of rotatable bonds is 10. The Morgan fingerprint density at radius 2 is 2.00 bits per heavy atom. The number of benzene rings is 1. The van der Waals surface area contributed by atoms with E-state index >= 15 is 0 Å². The van der Waals surface area contributed by atoms with Crippen LogP contribution in [0.3, 0.4) is 0 Å². The summed E-state index contributed by atoms with van der Waals surface area (Å²) < 4.78 is 11.1. The van der Waals surface area contributed by atoms with Crippen LogP contribution in [0.15, 0.2) is 35.0 Å². The molecule has 33 heavy (non-hydrogen) atoms. The summed E-state index contributed by atoms with van der Waals surface area (Å²) in [6.45, 7) is 7.64. The standard InChI is InChI=1S/C24H30N4O5/c1-14(2)7-21-16(4)8-17(10-25-21)24-27-23(28-33-24)20-6-5-19(9-15(20)3)32-13-18(30)11-26-22(31)12-29/h5-6,8-10,14,18,29-30H,7,11-13H2,1-4H3,(H,26,31)/t18-/m1/s1. The van der Waals surface area contributed by atoms with E-state index in [1.807, 2.05) is 32.0 Å². The second kappa shape index (κ2) is 11.0. The van der Waals surface area contributed by atoms with Crippen LogP contribution < -0.4 is 10.1 Å². The Balaban J connectivity index is 1.66. The molecule has 1 atom stereocenters. The van der Waals surface area contributed by atoms with Crippen LogP contribution >= 0.6 is 0 Å². The van der Waals surface area contributed by atoms with Crippen LogP contribution in [0.5, 0.6) is 5.75 Å². The number of aryl methyl sites for hydroxylation is 2. The van der Waals surface area contributed by atoms with Crippen LogP contribution in [0, 0.1) is 19.8 Å². The summed E-state index contributed by atoms with van der Waals surface area (Å²) in [5, 5.41) is 25.1.